The number of amides is 1. The molecule has 1 fully saturated rings. The number of rotatable bonds is 6. The highest BCUT2D eigenvalue weighted by Crippen LogP contribution is 2.27. The molecule has 8 heteroatoms. The number of hydrogen-bond donors (Lipinski definition) is 2. The van der Waals surface area contributed by atoms with Gasteiger partial charge >= 0.3 is 0 Å². The lowest BCUT2D eigenvalue weighted by molar-refractivity contribution is 0.0434. The number of piperidine rings is 1. The van der Waals surface area contributed by atoms with E-state index in [0.717, 1.165) is 17.1 Å². The van der Waals surface area contributed by atoms with Crippen molar-refractivity contribution in [2.75, 3.05) is 32.0 Å². The van der Waals surface area contributed by atoms with Crippen LogP contribution in [0.5, 0.6) is 0 Å². The Kier molecular flexibility index (Phi) is 6.70. The summed E-state index contributed by atoms with van der Waals surface area (Å²) in [6.45, 7) is 3.25. The van der Waals surface area contributed by atoms with Crippen LogP contribution in [-0.4, -0.2) is 48.1 Å². The maximum absolute atomic E-state index is 15.1. The van der Waals surface area contributed by atoms with Crippen molar-refractivity contribution in [3.8, 4) is 0 Å². The van der Waals surface area contributed by atoms with Crippen LogP contribution in [0.2, 0.25) is 5.02 Å². The molecule has 1 aromatic heterocycles. The molecular weight excluding hydrogens is 397 g/mol. The molecule has 156 valence electrons. The summed E-state index contributed by atoms with van der Waals surface area (Å²) in [7, 11) is 1.82. The molecule has 1 aromatic carbocycles. The second-order valence-electron chi connectivity index (χ2n) is 7.39. The number of nitrogens with zero attached hydrogens (tertiary/aromatic N) is 2. The summed E-state index contributed by atoms with van der Waals surface area (Å²) < 4.78 is 28.4. The molecule has 1 aliphatic rings. The first-order valence-corrected chi connectivity index (χ1v) is 9.97. The number of aryl methyl sites for hydroxylation is 1. The van der Waals surface area contributed by atoms with E-state index in [0.29, 0.717) is 25.2 Å². The number of likely N-dealkylation sites (tertiary alicyclic amines) is 1. The Hall–Kier alpha value is -2.25. The summed E-state index contributed by atoms with van der Waals surface area (Å²) in [5, 5.41) is 6.09. The van der Waals surface area contributed by atoms with Gasteiger partial charge in [-0.2, -0.15) is 0 Å². The highest BCUT2D eigenvalue weighted by atomic mass is 35.5. The van der Waals surface area contributed by atoms with Crippen LogP contribution in [0.15, 0.2) is 30.3 Å². The summed E-state index contributed by atoms with van der Waals surface area (Å²) in [4.78, 5) is 18.6. The van der Waals surface area contributed by atoms with Crippen molar-refractivity contribution in [3.63, 3.8) is 0 Å². The van der Waals surface area contributed by atoms with E-state index in [4.69, 9.17) is 11.6 Å². The van der Waals surface area contributed by atoms with Gasteiger partial charge in [-0.05, 0) is 36.8 Å². The maximum Gasteiger partial charge on any atom is 0.253 e. The minimum absolute atomic E-state index is 0.0944. The molecular formula is C21H25ClF2N4O. The second kappa shape index (κ2) is 9.05. The number of halogens is 3. The van der Waals surface area contributed by atoms with Crippen LogP contribution < -0.4 is 10.6 Å². The summed E-state index contributed by atoms with van der Waals surface area (Å²) in [6, 6.07) is 7.78. The Balaban J connectivity index is 1.51. The standard InChI is InChI=1S/C21H25ClF2N4O/c1-14-3-5-16(27-19(14)25-2)12-26-13-21(24)7-9-28(10-8-21)20(29)15-4-6-18(23)17(22)11-15/h3-6,11,26H,7-10,12-13H2,1-2H3,(H,25,27)/i23-1. The van der Waals surface area contributed by atoms with Crippen LogP contribution >= 0.6 is 11.6 Å². The highest BCUT2D eigenvalue weighted by molar-refractivity contribution is 6.31. The highest BCUT2D eigenvalue weighted by Gasteiger charge is 2.36. The van der Waals surface area contributed by atoms with E-state index < -0.39 is 11.5 Å². The van der Waals surface area contributed by atoms with Crippen LogP contribution in [0.1, 0.15) is 34.5 Å². The van der Waals surface area contributed by atoms with Crippen LogP contribution in [0.3, 0.4) is 0 Å². The van der Waals surface area contributed by atoms with E-state index in [-0.39, 0.29) is 30.3 Å². The lowest BCUT2D eigenvalue weighted by Crippen LogP contribution is -2.48. The Bertz CT molecular complexity index is 885. The third kappa shape index (κ3) is 5.22. The van der Waals surface area contributed by atoms with Gasteiger partial charge in [0.15, 0.2) is 0 Å². The first-order valence-electron chi connectivity index (χ1n) is 9.59. The number of aromatic nitrogens is 1. The van der Waals surface area contributed by atoms with Crippen molar-refractivity contribution < 1.29 is 13.6 Å². The monoisotopic (exact) mass is 421 g/mol. The molecule has 0 atom stereocenters. The summed E-state index contributed by atoms with van der Waals surface area (Å²) in [5.74, 6) is -0.0158. The van der Waals surface area contributed by atoms with Crippen LogP contribution in [-0.2, 0) is 6.54 Å². The fraction of sp³-hybridized carbons (Fsp3) is 0.429. The number of nitrogens with one attached hydrogen (secondary N) is 2. The molecule has 1 amide bonds. The van der Waals surface area contributed by atoms with Gasteiger partial charge < -0.3 is 15.5 Å². The lowest BCUT2D eigenvalue weighted by Gasteiger charge is -2.36. The van der Waals surface area contributed by atoms with E-state index in [1.54, 1.807) is 4.90 Å². The molecule has 0 unspecified atom stereocenters. The molecule has 2 aromatic rings. The number of benzene rings is 1. The normalized spacial score (nSPS) is 16.0. The molecule has 2 N–H and O–H groups in total. The molecule has 0 aliphatic carbocycles. The molecule has 0 radical (unpaired) electrons. The smallest absolute Gasteiger partial charge is 0.253 e. The van der Waals surface area contributed by atoms with E-state index in [2.05, 4.69) is 15.6 Å². The first kappa shape index (κ1) is 21.5. The van der Waals surface area contributed by atoms with Gasteiger partial charge in [0.25, 0.3) is 5.91 Å². The molecule has 29 heavy (non-hydrogen) atoms. The van der Waals surface area contributed by atoms with Gasteiger partial charge in [0, 0.05) is 51.6 Å². The van der Waals surface area contributed by atoms with Gasteiger partial charge in [-0.3, -0.25) is 4.79 Å². The van der Waals surface area contributed by atoms with Crippen molar-refractivity contribution in [2.45, 2.75) is 32.0 Å². The van der Waals surface area contributed by atoms with Crippen molar-refractivity contribution in [3.05, 3.63) is 58.0 Å². The third-order valence-corrected chi connectivity index (χ3v) is 5.54. The Morgan fingerprint density at radius 3 is 2.66 bits per heavy atom. The van der Waals surface area contributed by atoms with Gasteiger partial charge in [0.1, 0.15) is 17.3 Å². The van der Waals surface area contributed by atoms with Gasteiger partial charge in [-0.15, -0.1) is 0 Å². The van der Waals surface area contributed by atoms with E-state index in [1.807, 2.05) is 26.1 Å². The van der Waals surface area contributed by atoms with Crippen LogP contribution in [0.4, 0.5) is 14.6 Å². The second-order valence-corrected chi connectivity index (χ2v) is 7.80. The molecule has 2 heterocycles. The topological polar surface area (TPSA) is 57.3 Å². The average molecular weight is 422 g/mol. The number of carbonyl (C=O) groups excluding carboxylic acids is 1. The predicted molar refractivity (Wildman–Crippen MR) is 111 cm³/mol. The number of carbonyl (C=O) groups is 1. The van der Waals surface area contributed by atoms with Gasteiger partial charge in [0.2, 0.25) is 0 Å². The molecule has 0 bridgehead atoms. The fourth-order valence-electron chi connectivity index (χ4n) is 3.43. The summed E-state index contributed by atoms with van der Waals surface area (Å²) in [6.07, 6.45) is 0.480. The maximum atomic E-state index is 15.1. The van der Waals surface area contributed by atoms with Gasteiger partial charge in [-0.25, -0.2) is 13.8 Å². The fourth-order valence-corrected chi connectivity index (χ4v) is 3.61. The lowest BCUT2D eigenvalue weighted by atomic mass is 9.92. The molecule has 0 spiro atoms. The first-order chi connectivity index (χ1) is 13.8. The Morgan fingerprint density at radius 1 is 1.28 bits per heavy atom. The Morgan fingerprint density at radius 2 is 2.00 bits per heavy atom. The largest absolute Gasteiger partial charge is 0.373 e. The Labute approximate surface area is 174 Å². The third-order valence-electron chi connectivity index (χ3n) is 5.25. The quantitative estimate of drug-likeness (QED) is 0.741. The molecule has 0 saturated carbocycles. The minimum Gasteiger partial charge on any atom is -0.373 e. The van der Waals surface area contributed by atoms with E-state index in [1.165, 1.54) is 18.2 Å². The van der Waals surface area contributed by atoms with Crippen LogP contribution in [0.25, 0.3) is 0 Å². The molecule has 1 saturated heterocycles. The van der Waals surface area contributed by atoms with Gasteiger partial charge in [0.05, 0.1) is 10.7 Å². The average Bonchev–Trinajstić information content (AvgIpc) is 2.71. The predicted octanol–water partition coefficient (Wildman–Crippen LogP) is 3.96. The van der Waals surface area contributed by atoms with Crippen molar-refractivity contribution in [1.82, 2.24) is 15.2 Å². The van der Waals surface area contributed by atoms with Gasteiger partial charge in [-0.1, -0.05) is 17.7 Å². The van der Waals surface area contributed by atoms with Crippen molar-refractivity contribution in [2.24, 2.45) is 0 Å². The molecule has 5 nitrogen and oxygen atoms in total. The molecule has 1 aliphatic heterocycles. The number of hydrogen-bond acceptors (Lipinski definition) is 4. The molecule has 3 rings (SSSR count). The number of anilines is 1. The number of alkyl halides is 1. The number of pyridine rings is 1. The zero-order valence-corrected chi connectivity index (χ0v) is 17.3. The summed E-state index contributed by atoms with van der Waals surface area (Å²) >= 11 is 5.75. The van der Waals surface area contributed by atoms with E-state index >= 15 is 4.39 Å². The zero-order chi connectivity index (χ0) is 21.0. The minimum atomic E-state index is -1.38. The SMILES string of the molecule is CNc1nc(CNCC2(F)CCN(C(=O)c3ccc([18F])c(Cl)c3)CC2)ccc1C. The van der Waals surface area contributed by atoms with Crippen molar-refractivity contribution >= 4 is 23.3 Å². The van der Waals surface area contributed by atoms with E-state index in [9.17, 15) is 9.18 Å². The van der Waals surface area contributed by atoms with Crippen LogP contribution in [0, 0.1) is 12.7 Å². The zero-order valence-electron chi connectivity index (χ0n) is 16.6. The van der Waals surface area contributed by atoms with Crippen molar-refractivity contribution in [1.29, 1.82) is 0 Å². The summed E-state index contributed by atoms with van der Waals surface area (Å²) in [5.41, 5.74) is 0.821.